The van der Waals surface area contributed by atoms with E-state index in [2.05, 4.69) is 4.90 Å². The highest BCUT2D eigenvalue weighted by Crippen LogP contribution is 2.32. The summed E-state index contributed by atoms with van der Waals surface area (Å²) in [7, 11) is 3.29. The number of halogens is 1. The van der Waals surface area contributed by atoms with Gasteiger partial charge in [0.05, 0.1) is 19.9 Å². The van der Waals surface area contributed by atoms with Crippen LogP contribution in [0.5, 0.6) is 11.5 Å². The first kappa shape index (κ1) is 14.8. The van der Waals surface area contributed by atoms with Crippen LogP contribution in [-0.4, -0.2) is 57.1 Å². The van der Waals surface area contributed by atoms with E-state index in [-0.39, 0.29) is 11.8 Å². The van der Waals surface area contributed by atoms with E-state index in [0.29, 0.717) is 13.1 Å². The van der Waals surface area contributed by atoms with E-state index >= 15 is 0 Å². The summed E-state index contributed by atoms with van der Waals surface area (Å²) in [6.07, 6.45) is 0. The van der Waals surface area contributed by atoms with E-state index in [1.54, 1.807) is 19.1 Å². The molecular formula is C14H19ClN2O3. The SMILES string of the molecule is COc1ccc(OC)c(N2CCN(C(=O)CCl)CC2)c1. The minimum absolute atomic E-state index is 0.0103. The molecule has 1 fully saturated rings. The summed E-state index contributed by atoms with van der Waals surface area (Å²) in [4.78, 5) is 15.5. The molecule has 0 atom stereocenters. The van der Waals surface area contributed by atoms with Gasteiger partial charge in [-0.25, -0.2) is 0 Å². The highest BCUT2D eigenvalue weighted by atomic mass is 35.5. The Hall–Kier alpha value is -1.62. The normalized spacial score (nSPS) is 15.2. The van der Waals surface area contributed by atoms with Crippen LogP contribution in [0.2, 0.25) is 0 Å². The molecule has 0 unspecified atom stereocenters. The van der Waals surface area contributed by atoms with Crippen molar-refractivity contribution in [2.45, 2.75) is 0 Å². The molecule has 0 N–H and O–H groups in total. The molecule has 110 valence electrons. The quantitative estimate of drug-likeness (QED) is 0.792. The third-order valence-electron chi connectivity index (χ3n) is 3.47. The van der Waals surface area contributed by atoms with Gasteiger partial charge in [0.2, 0.25) is 5.91 Å². The van der Waals surface area contributed by atoms with E-state index in [1.165, 1.54) is 0 Å². The predicted molar refractivity (Wildman–Crippen MR) is 79.1 cm³/mol. The van der Waals surface area contributed by atoms with Crippen LogP contribution in [0, 0.1) is 0 Å². The van der Waals surface area contributed by atoms with Crippen molar-refractivity contribution in [1.82, 2.24) is 4.90 Å². The van der Waals surface area contributed by atoms with Gasteiger partial charge < -0.3 is 19.3 Å². The predicted octanol–water partition coefficient (Wildman–Crippen LogP) is 1.59. The third-order valence-corrected chi connectivity index (χ3v) is 3.70. The van der Waals surface area contributed by atoms with Crippen molar-refractivity contribution >= 4 is 23.2 Å². The fraction of sp³-hybridized carbons (Fsp3) is 0.500. The molecule has 0 aromatic heterocycles. The highest BCUT2D eigenvalue weighted by molar-refractivity contribution is 6.27. The van der Waals surface area contributed by atoms with Crippen LogP contribution >= 0.6 is 11.6 Å². The van der Waals surface area contributed by atoms with E-state index in [0.717, 1.165) is 30.3 Å². The van der Waals surface area contributed by atoms with Gasteiger partial charge in [0.25, 0.3) is 0 Å². The van der Waals surface area contributed by atoms with Crippen molar-refractivity contribution in [2.75, 3.05) is 51.2 Å². The van der Waals surface area contributed by atoms with Crippen molar-refractivity contribution < 1.29 is 14.3 Å². The summed E-state index contributed by atoms with van der Waals surface area (Å²) in [5.74, 6) is 1.63. The molecule has 1 aromatic rings. The second-order valence-electron chi connectivity index (χ2n) is 4.54. The number of piperazine rings is 1. The molecule has 0 saturated carbocycles. The number of nitrogens with zero attached hydrogens (tertiary/aromatic N) is 2. The van der Waals surface area contributed by atoms with Crippen molar-refractivity contribution in [2.24, 2.45) is 0 Å². The van der Waals surface area contributed by atoms with Crippen molar-refractivity contribution in [1.29, 1.82) is 0 Å². The maximum atomic E-state index is 11.6. The second-order valence-corrected chi connectivity index (χ2v) is 4.81. The lowest BCUT2D eigenvalue weighted by Gasteiger charge is -2.36. The van der Waals surface area contributed by atoms with Crippen LogP contribution in [0.3, 0.4) is 0 Å². The molecule has 0 bridgehead atoms. The summed E-state index contributed by atoms with van der Waals surface area (Å²) in [5.41, 5.74) is 0.991. The maximum Gasteiger partial charge on any atom is 0.237 e. The van der Waals surface area contributed by atoms with E-state index < -0.39 is 0 Å². The third kappa shape index (κ3) is 3.10. The number of anilines is 1. The zero-order valence-corrected chi connectivity index (χ0v) is 12.5. The van der Waals surface area contributed by atoms with Gasteiger partial charge >= 0.3 is 0 Å². The van der Waals surface area contributed by atoms with Crippen LogP contribution < -0.4 is 14.4 Å². The number of methoxy groups -OCH3 is 2. The van der Waals surface area contributed by atoms with Crippen molar-refractivity contribution in [3.8, 4) is 11.5 Å². The summed E-state index contributed by atoms with van der Waals surface area (Å²) in [5, 5.41) is 0. The number of hydrogen-bond donors (Lipinski definition) is 0. The first-order valence-corrected chi connectivity index (χ1v) is 7.03. The fourth-order valence-corrected chi connectivity index (χ4v) is 2.49. The lowest BCUT2D eigenvalue weighted by atomic mass is 10.2. The van der Waals surface area contributed by atoms with Gasteiger partial charge in [0.15, 0.2) is 0 Å². The molecule has 1 aliphatic rings. The van der Waals surface area contributed by atoms with Crippen molar-refractivity contribution in [3.05, 3.63) is 18.2 Å². The smallest absolute Gasteiger partial charge is 0.237 e. The zero-order chi connectivity index (χ0) is 14.5. The monoisotopic (exact) mass is 298 g/mol. The van der Waals surface area contributed by atoms with E-state index in [9.17, 15) is 4.79 Å². The Morgan fingerprint density at radius 1 is 1.20 bits per heavy atom. The van der Waals surface area contributed by atoms with Gasteiger partial charge in [-0.1, -0.05) is 0 Å². The lowest BCUT2D eigenvalue weighted by Crippen LogP contribution is -2.49. The summed E-state index contributed by atoms with van der Waals surface area (Å²) in [6.45, 7) is 2.86. The number of benzene rings is 1. The molecule has 2 rings (SSSR count). The van der Waals surface area contributed by atoms with Gasteiger partial charge in [0.1, 0.15) is 17.4 Å². The molecule has 20 heavy (non-hydrogen) atoms. The Morgan fingerprint density at radius 3 is 2.45 bits per heavy atom. The molecule has 1 aromatic carbocycles. The Kier molecular flexibility index (Phi) is 4.95. The number of amides is 1. The van der Waals surface area contributed by atoms with Gasteiger partial charge in [-0.3, -0.25) is 4.79 Å². The van der Waals surface area contributed by atoms with Crippen LogP contribution in [0.25, 0.3) is 0 Å². The first-order valence-electron chi connectivity index (χ1n) is 6.50. The molecule has 1 heterocycles. The second kappa shape index (κ2) is 6.70. The zero-order valence-electron chi connectivity index (χ0n) is 11.8. The fourth-order valence-electron chi connectivity index (χ4n) is 2.33. The average Bonchev–Trinajstić information content (AvgIpc) is 2.53. The maximum absolute atomic E-state index is 11.6. The van der Waals surface area contributed by atoms with Crippen LogP contribution in [0.4, 0.5) is 5.69 Å². The van der Waals surface area contributed by atoms with Gasteiger partial charge in [-0.15, -0.1) is 11.6 Å². The number of carbonyl (C=O) groups is 1. The van der Waals surface area contributed by atoms with Crippen LogP contribution in [0.1, 0.15) is 0 Å². The van der Waals surface area contributed by atoms with E-state index in [4.69, 9.17) is 21.1 Å². The van der Waals surface area contributed by atoms with Crippen molar-refractivity contribution in [3.63, 3.8) is 0 Å². The summed E-state index contributed by atoms with van der Waals surface area (Å²) < 4.78 is 10.7. The Morgan fingerprint density at radius 2 is 1.90 bits per heavy atom. The molecule has 6 heteroatoms. The van der Waals surface area contributed by atoms with Gasteiger partial charge in [-0.05, 0) is 12.1 Å². The highest BCUT2D eigenvalue weighted by Gasteiger charge is 2.22. The molecule has 1 aliphatic heterocycles. The largest absolute Gasteiger partial charge is 0.497 e. The number of hydrogen-bond acceptors (Lipinski definition) is 4. The minimum Gasteiger partial charge on any atom is -0.497 e. The molecule has 1 amide bonds. The Labute approximate surface area is 124 Å². The molecular weight excluding hydrogens is 280 g/mol. The molecule has 1 saturated heterocycles. The van der Waals surface area contributed by atoms with Crippen LogP contribution in [0.15, 0.2) is 18.2 Å². The Balaban J connectivity index is 2.11. The minimum atomic E-state index is -0.0103. The molecule has 0 aliphatic carbocycles. The van der Waals surface area contributed by atoms with Gasteiger partial charge in [-0.2, -0.15) is 0 Å². The lowest BCUT2D eigenvalue weighted by molar-refractivity contribution is -0.128. The number of rotatable bonds is 4. The Bertz CT molecular complexity index is 473. The number of alkyl halides is 1. The molecule has 5 nitrogen and oxygen atoms in total. The number of ether oxygens (including phenoxy) is 2. The molecule has 0 radical (unpaired) electrons. The van der Waals surface area contributed by atoms with Gasteiger partial charge in [0, 0.05) is 32.2 Å². The van der Waals surface area contributed by atoms with E-state index in [1.807, 2.05) is 18.2 Å². The summed E-state index contributed by atoms with van der Waals surface area (Å²) >= 11 is 5.58. The standard InChI is InChI=1S/C14H19ClN2O3/c1-19-11-3-4-13(20-2)12(9-11)16-5-7-17(8-6-16)14(18)10-15/h3-4,9H,5-8,10H2,1-2H3. The van der Waals surface area contributed by atoms with Crippen LogP contribution in [-0.2, 0) is 4.79 Å². The summed E-state index contributed by atoms with van der Waals surface area (Å²) in [6, 6.07) is 5.72. The first-order chi connectivity index (χ1) is 9.69. The molecule has 0 spiro atoms. The average molecular weight is 299 g/mol. The topological polar surface area (TPSA) is 42.0 Å². The number of carbonyl (C=O) groups excluding carboxylic acids is 1.